The van der Waals surface area contributed by atoms with Gasteiger partial charge in [0.2, 0.25) is 0 Å². The largest absolute Gasteiger partial charge is 0.394 e. The van der Waals surface area contributed by atoms with Crippen molar-refractivity contribution in [3.8, 4) is 29.8 Å². The van der Waals surface area contributed by atoms with Gasteiger partial charge in [0.25, 0.3) is 0 Å². The number of anilines is 1. The maximum atomic E-state index is 10.9. The highest BCUT2D eigenvalue weighted by Crippen LogP contribution is 2.40. The summed E-state index contributed by atoms with van der Waals surface area (Å²) in [5, 5.41) is 40.7. The molecule has 0 unspecified atom stereocenters. The first-order valence-corrected chi connectivity index (χ1v) is 11.4. The lowest BCUT2D eigenvalue weighted by molar-refractivity contribution is -0.186. The van der Waals surface area contributed by atoms with Crippen molar-refractivity contribution in [1.82, 2.24) is 25.0 Å². The number of hydrogen-bond donors (Lipinski definition) is 3. The predicted molar refractivity (Wildman–Crippen MR) is 120 cm³/mol. The van der Waals surface area contributed by atoms with Crippen LogP contribution in [0.15, 0.2) is 28.7 Å². The fraction of sp³-hybridized carbons (Fsp3) is 0.350. The zero-order valence-corrected chi connectivity index (χ0v) is 18.9. The van der Waals surface area contributed by atoms with E-state index in [0.29, 0.717) is 27.0 Å². The Labute approximate surface area is 197 Å². The molecule has 1 aliphatic heterocycles. The summed E-state index contributed by atoms with van der Waals surface area (Å²) in [6.45, 7) is -0.441. The van der Waals surface area contributed by atoms with Gasteiger partial charge in [-0.05, 0) is 6.07 Å². The Balaban J connectivity index is 1.69. The highest BCUT2D eigenvalue weighted by molar-refractivity contribution is 7.99. The van der Waals surface area contributed by atoms with Gasteiger partial charge in [0.05, 0.1) is 12.8 Å². The lowest BCUT2D eigenvalue weighted by Gasteiger charge is -2.43. The highest BCUT2D eigenvalue weighted by Gasteiger charge is 2.47. The molecule has 5 atom stereocenters. The van der Waals surface area contributed by atoms with Crippen molar-refractivity contribution in [3.05, 3.63) is 35.1 Å². The summed E-state index contributed by atoms with van der Waals surface area (Å²) in [4.78, 5) is 8.78. The summed E-state index contributed by atoms with van der Waals surface area (Å²) in [6.07, 6.45) is 5.71. The zero-order chi connectivity index (χ0) is 23.5. The molecule has 1 fully saturated rings. The molecule has 4 heterocycles. The number of methoxy groups -OCH3 is 1. The summed E-state index contributed by atoms with van der Waals surface area (Å²) >= 11 is 2.44. The third kappa shape index (κ3) is 4.56. The van der Waals surface area contributed by atoms with E-state index in [0.717, 1.165) is 0 Å². The summed E-state index contributed by atoms with van der Waals surface area (Å²) in [5.74, 6) is 2.49. The second-order valence-electron chi connectivity index (χ2n) is 7.01. The van der Waals surface area contributed by atoms with Gasteiger partial charge < -0.3 is 25.4 Å². The van der Waals surface area contributed by atoms with E-state index in [1.807, 2.05) is 6.07 Å². The number of aromatic nitrogens is 5. The third-order valence-corrected chi connectivity index (χ3v) is 6.92. The van der Waals surface area contributed by atoms with Crippen molar-refractivity contribution >= 4 is 28.2 Å². The van der Waals surface area contributed by atoms with E-state index in [9.17, 15) is 15.5 Å². The van der Waals surface area contributed by atoms with E-state index in [1.54, 1.807) is 17.6 Å². The molecule has 3 aromatic heterocycles. The Bertz CT molecular complexity index is 1220. The van der Waals surface area contributed by atoms with E-state index in [2.05, 4.69) is 26.2 Å². The van der Waals surface area contributed by atoms with Gasteiger partial charge in [-0.1, -0.05) is 22.9 Å². The standard InChI is InChI=1S/C20H19N7O4S2/c1-3-10-4-15(11(5-21)23-6-10)33-19-18(30-2)16(17(29)14(8-28)31-19)27-7-12(25-26-27)13-9-32-20(22)24-13/h1,4,6-7,9,14,16-19,28-29H,8H2,2H3,(H2,22,24)/t14-,16+,17+,18-,19-/m1/s1. The maximum absolute atomic E-state index is 10.9. The second-order valence-corrected chi connectivity index (χ2v) is 9.04. The van der Waals surface area contributed by atoms with E-state index >= 15 is 0 Å². The lowest BCUT2D eigenvalue weighted by atomic mass is 9.97. The van der Waals surface area contributed by atoms with Gasteiger partial charge in [-0.2, -0.15) is 5.26 Å². The summed E-state index contributed by atoms with van der Waals surface area (Å²) in [5.41, 5.74) is 6.67. The SMILES string of the molecule is C#Cc1cnc(C#N)c(S[C@H]2O[C@H](CO)[C@H](O)[C@H](n3cc(-c4csc(N)n4)nn3)[C@H]2OC)c1. The number of thiazole rings is 1. The van der Waals surface area contributed by atoms with Crippen molar-refractivity contribution in [2.24, 2.45) is 0 Å². The second kappa shape index (κ2) is 9.84. The molecule has 3 aromatic rings. The van der Waals surface area contributed by atoms with Gasteiger partial charge in [-0.25, -0.2) is 14.6 Å². The first-order chi connectivity index (χ1) is 16.0. The van der Waals surface area contributed by atoms with Crippen LogP contribution in [0, 0.1) is 23.7 Å². The molecule has 0 saturated carbocycles. The molecule has 13 heteroatoms. The summed E-state index contributed by atoms with van der Waals surface area (Å²) in [6, 6.07) is 2.92. The highest BCUT2D eigenvalue weighted by atomic mass is 32.2. The van der Waals surface area contributed by atoms with Crippen LogP contribution in [-0.2, 0) is 9.47 Å². The molecule has 0 aliphatic carbocycles. The van der Waals surface area contributed by atoms with Gasteiger partial charge in [0, 0.05) is 29.1 Å². The Hall–Kier alpha value is -3.04. The molecule has 0 radical (unpaired) electrons. The Morgan fingerprint density at radius 1 is 1.45 bits per heavy atom. The molecule has 0 amide bonds. The average Bonchev–Trinajstić information content (AvgIpc) is 3.48. The smallest absolute Gasteiger partial charge is 0.180 e. The molecule has 1 aliphatic rings. The number of aliphatic hydroxyl groups is 2. The quantitative estimate of drug-likeness (QED) is 0.420. The van der Waals surface area contributed by atoms with Crippen LogP contribution < -0.4 is 5.73 Å². The number of pyridine rings is 1. The van der Waals surface area contributed by atoms with Crippen molar-refractivity contribution < 1.29 is 19.7 Å². The first-order valence-electron chi connectivity index (χ1n) is 9.62. The third-order valence-electron chi connectivity index (χ3n) is 5.07. The molecular weight excluding hydrogens is 466 g/mol. The number of thioether (sulfide) groups is 1. The Morgan fingerprint density at radius 2 is 2.27 bits per heavy atom. The minimum Gasteiger partial charge on any atom is -0.394 e. The molecule has 0 spiro atoms. The van der Waals surface area contributed by atoms with E-state index in [-0.39, 0.29) is 5.69 Å². The van der Waals surface area contributed by atoms with Crippen LogP contribution in [0.4, 0.5) is 5.13 Å². The van der Waals surface area contributed by atoms with Crippen molar-refractivity contribution in [2.45, 2.75) is 34.7 Å². The summed E-state index contributed by atoms with van der Waals surface area (Å²) < 4.78 is 13.1. The first kappa shape index (κ1) is 23.1. The number of nitrogens with zero attached hydrogens (tertiary/aromatic N) is 6. The number of ether oxygens (including phenoxy) is 2. The lowest BCUT2D eigenvalue weighted by Crippen LogP contribution is -2.55. The number of terminal acetylenes is 1. The molecule has 4 rings (SSSR count). The van der Waals surface area contributed by atoms with Crippen molar-refractivity contribution in [2.75, 3.05) is 19.5 Å². The Kier molecular flexibility index (Phi) is 6.90. The molecular formula is C20H19N7O4S2. The minimum atomic E-state index is -1.16. The van der Waals surface area contributed by atoms with Crippen LogP contribution in [0.1, 0.15) is 17.3 Å². The fourth-order valence-electron chi connectivity index (χ4n) is 3.48. The molecule has 0 bridgehead atoms. The number of hydrogen-bond acceptors (Lipinski definition) is 12. The molecule has 4 N–H and O–H groups in total. The van der Waals surface area contributed by atoms with Crippen LogP contribution in [0.5, 0.6) is 0 Å². The fourth-order valence-corrected chi connectivity index (χ4v) is 5.29. The number of rotatable bonds is 6. The van der Waals surface area contributed by atoms with Gasteiger partial charge >= 0.3 is 0 Å². The Morgan fingerprint density at radius 3 is 2.91 bits per heavy atom. The van der Waals surface area contributed by atoms with Crippen LogP contribution in [-0.4, -0.2) is 72.6 Å². The van der Waals surface area contributed by atoms with E-state index in [4.69, 9.17) is 21.6 Å². The van der Waals surface area contributed by atoms with E-state index < -0.39 is 36.4 Å². The topological polar surface area (TPSA) is 165 Å². The number of aliphatic hydroxyl groups excluding tert-OH is 2. The van der Waals surface area contributed by atoms with Gasteiger partial charge in [0.1, 0.15) is 47.2 Å². The monoisotopic (exact) mass is 485 g/mol. The van der Waals surface area contributed by atoms with Crippen molar-refractivity contribution in [1.29, 1.82) is 5.26 Å². The van der Waals surface area contributed by atoms with Crippen LogP contribution in [0.2, 0.25) is 0 Å². The average molecular weight is 486 g/mol. The maximum Gasteiger partial charge on any atom is 0.180 e. The molecule has 170 valence electrons. The van der Waals surface area contributed by atoms with Crippen LogP contribution in [0.3, 0.4) is 0 Å². The number of nitrogen functional groups attached to an aromatic ring is 1. The minimum absolute atomic E-state index is 0.171. The molecule has 0 aromatic carbocycles. The van der Waals surface area contributed by atoms with Gasteiger partial charge in [0.15, 0.2) is 10.8 Å². The molecule has 11 nitrogen and oxygen atoms in total. The predicted octanol–water partition coefficient (Wildman–Crippen LogP) is 0.658. The molecule has 33 heavy (non-hydrogen) atoms. The summed E-state index contributed by atoms with van der Waals surface area (Å²) in [7, 11) is 1.47. The van der Waals surface area contributed by atoms with Crippen molar-refractivity contribution in [3.63, 3.8) is 0 Å². The molecule has 1 saturated heterocycles. The van der Waals surface area contributed by atoms with Gasteiger partial charge in [-0.3, -0.25) is 0 Å². The van der Waals surface area contributed by atoms with E-state index in [1.165, 1.54) is 41.1 Å². The zero-order valence-electron chi connectivity index (χ0n) is 17.3. The van der Waals surface area contributed by atoms with Crippen LogP contribution in [0.25, 0.3) is 11.4 Å². The number of nitriles is 1. The van der Waals surface area contributed by atoms with Gasteiger partial charge in [-0.15, -0.1) is 22.9 Å². The van der Waals surface area contributed by atoms with Crippen LogP contribution >= 0.6 is 23.1 Å². The normalized spacial score (nSPS) is 24.8. The number of nitrogens with two attached hydrogens (primary N) is 1.